The maximum Gasteiger partial charge on any atom is 0.217 e. The predicted molar refractivity (Wildman–Crippen MR) is 134 cm³/mol. The fourth-order valence-electron chi connectivity index (χ4n) is 5.27. The van der Waals surface area contributed by atoms with Gasteiger partial charge in [-0.3, -0.25) is 9.29 Å². The number of ether oxygens (including phenoxy) is 3. The third kappa shape index (κ3) is 4.92. The summed E-state index contributed by atoms with van der Waals surface area (Å²) in [6.07, 6.45) is 3.08. The van der Waals surface area contributed by atoms with Crippen molar-refractivity contribution in [3.8, 4) is 11.6 Å². The van der Waals surface area contributed by atoms with Gasteiger partial charge in [-0.15, -0.1) is 0 Å². The summed E-state index contributed by atoms with van der Waals surface area (Å²) in [6.45, 7) is 3.92. The summed E-state index contributed by atoms with van der Waals surface area (Å²) in [5.74, 6) is 1.08. The molecule has 1 fully saturated rings. The van der Waals surface area contributed by atoms with Gasteiger partial charge in [0.15, 0.2) is 5.67 Å². The van der Waals surface area contributed by atoms with Gasteiger partial charge >= 0.3 is 0 Å². The van der Waals surface area contributed by atoms with Crippen molar-refractivity contribution in [1.82, 2.24) is 20.2 Å². The first kappa shape index (κ1) is 24.9. The summed E-state index contributed by atoms with van der Waals surface area (Å²) in [4.78, 5) is 10.4. The Hall–Kier alpha value is -2.75. The van der Waals surface area contributed by atoms with Crippen LogP contribution in [0, 0.1) is 0 Å². The first-order valence-electron chi connectivity index (χ1n) is 12.6. The van der Waals surface area contributed by atoms with Crippen LogP contribution in [0.2, 0.25) is 0 Å². The van der Waals surface area contributed by atoms with Crippen molar-refractivity contribution in [2.24, 2.45) is 0 Å². The quantitative estimate of drug-likeness (QED) is 0.388. The maximum atomic E-state index is 15.4. The minimum Gasteiger partial charge on any atom is -0.496 e. The zero-order valence-electron chi connectivity index (χ0n) is 20.9. The van der Waals surface area contributed by atoms with E-state index in [1.54, 1.807) is 19.4 Å². The van der Waals surface area contributed by atoms with E-state index < -0.39 is 5.67 Å². The Morgan fingerprint density at radius 1 is 1.28 bits per heavy atom. The van der Waals surface area contributed by atoms with Gasteiger partial charge in [0, 0.05) is 53.6 Å². The highest BCUT2D eigenvalue weighted by Gasteiger charge is 2.46. The molecule has 0 amide bonds. The number of hydrogen-bond donors (Lipinski definition) is 2. The number of halogens is 2. The molecule has 2 aliphatic rings. The van der Waals surface area contributed by atoms with E-state index in [9.17, 15) is 4.39 Å². The van der Waals surface area contributed by atoms with Crippen LogP contribution >= 0.6 is 0 Å². The molecule has 2 aromatic heterocycles. The molecule has 7 nitrogen and oxygen atoms in total. The van der Waals surface area contributed by atoms with E-state index in [1.807, 2.05) is 12.1 Å². The lowest BCUT2D eigenvalue weighted by atomic mass is 9.87. The fourth-order valence-corrected chi connectivity index (χ4v) is 5.27. The molecule has 2 atom stereocenters. The molecule has 0 spiro atoms. The average molecular weight is 501 g/mol. The number of methoxy groups -OCH3 is 1. The number of rotatable bonds is 11. The second kappa shape index (κ2) is 10.7. The van der Waals surface area contributed by atoms with Crippen LogP contribution in [0.4, 0.5) is 8.78 Å². The van der Waals surface area contributed by atoms with Crippen LogP contribution in [0.15, 0.2) is 36.5 Å². The summed E-state index contributed by atoms with van der Waals surface area (Å²) in [5, 5.41) is 4.33. The molecule has 4 heterocycles. The number of H-pyrrole nitrogens is 1. The van der Waals surface area contributed by atoms with Crippen molar-refractivity contribution < 1.29 is 23.0 Å². The topological polar surface area (TPSA) is 71.6 Å². The molecule has 36 heavy (non-hydrogen) atoms. The maximum absolute atomic E-state index is 15.4. The van der Waals surface area contributed by atoms with Gasteiger partial charge in [-0.2, -0.15) is 0 Å². The van der Waals surface area contributed by atoms with Crippen LogP contribution in [-0.2, 0) is 11.2 Å². The van der Waals surface area contributed by atoms with Gasteiger partial charge in [0.2, 0.25) is 5.88 Å². The first-order valence-corrected chi connectivity index (χ1v) is 12.6. The molecule has 2 N–H and O–H groups in total. The number of pyridine rings is 1. The molecule has 2 aliphatic heterocycles. The van der Waals surface area contributed by atoms with Crippen LogP contribution in [0.1, 0.15) is 36.2 Å². The van der Waals surface area contributed by atoms with Crippen molar-refractivity contribution in [2.75, 3.05) is 53.2 Å². The zero-order chi connectivity index (χ0) is 25.1. The van der Waals surface area contributed by atoms with Gasteiger partial charge in [0.25, 0.3) is 0 Å². The molecule has 0 saturated carbocycles. The minimum atomic E-state index is -1.37. The van der Waals surface area contributed by atoms with Crippen molar-refractivity contribution in [3.05, 3.63) is 53.3 Å². The van der Waals surface area contributed by atoms with E-state index >= 15 is 4.39 Å². The third-order valence-corrected chi connectivity index (χ3v) is 7.11. The van der Waals surface area contributed by atoms with Gasteiger partial charge in [0.1, 0.15) is 12.4 Å². The highest BCUT2D eigenvalue weighted by Crippen LogP contribution is 2.45. The highest BCUT2D eigenvalue weighted by molar-refractivity contribution is 5.85. The van der Waals surface area contributed by atoms with Crippen LogP contribution in [0.5, 0.6) is 11.6 Å². The number of nitrogens with zero attached hydrogens (tertiary/aromatic N) is 2. The molecule has 0 radical (unpaired) electrons. The Bertz CT molecular complexity index is 1180. The summed E-state index contributed by atoms with van der Waals surface area (Å²) in [6, 6.07) is 9.90. The summed E-state index contributed by atoms with van der Waals surface area (Å²) in [5.41, 5.74) is 2.85. The Labute approximate surface area is 210 Å². The number of para-hydroxylation sites is 1. The Balaban J connectivity index is 1.47. The standard InChI is InChI=1S/C27H34F2N4O3/c1-18-12-20-19-6-3-4-7-22(19)32-25(20)26(33(18)15-27(29)16-35-17-27)21-14-31-24(13-23(21)34-2)36-11-10-30-9-5-8-28/h3-4,6-7,13-14,18,26,30,32H,5,8-12,15-17H2,1-2H3/t18-,26?/m1/s1. The molecule has 5 rings (SSSR count). The average Bonchev–Trinajstić information content (AvgIpc) is 3.23. The van der Waals surface area contributed by atoms with Crippen molar-refractivity contribution in [1.29, 1.82) is 0 Å². The molecule has 1 saturated heterocycles. The monoisotopic (exact) mass is 500 g/mol. The van der Waals surface area contributed by atoms with E-state index in [0.717, 1.165) is 23.2 Å². The molecular weight excluding hydrogens is 466 g/mol. The number of aromatic nitrogens is 2. The molecule has 9 heteroatoms. The second-order valence-electron chi connectivity index (χ2n) is 9.74. The number of benzene rings is 1. The molecule has 3 aromatic rings. The molecule has 194 valence electrons. The highest BCUT2D eigenvalue weighted by atomic mass is 19.1. The normalized spacial score (nSPS) is 21.2. The Morgan fingerprint density at radius 2 is 2.11 bits per heavy atom. The Morgan fingerprint density at radius 3 is 2.86 bits per heavy atom. The third-order valence-electron chi connectivity index (χ3n) is 7.11. The van der Waals surface area contributed by atoms with E-state index in [4.69, 9.17) is 14.2 Å². The van der Waals surface area contributed by atoms with E-state index in [0.29, 0.717) is 37.7 Å². The van der Waals surface area contributed by atoms with E-state index in [2.05, 4.69) is 39.2 Å². The molecule has 0 bridgehead atoms. The molecule has 0 aliphatic carbocycles. The molecule has 1 unspecified atom stereocenters. The molecule has 1 aromatic carbocycles. The summed E-state index contributed by atoms with van der Waals surface area (Å²) < 4.78 is 44.4. The van der Waals surface area contributed by atoms with Crippen LogP contribution in [-0.4, -0.2) is 79.8 Å². The predicted octanol–water partition coefficient (Wildman–Crippen LogP) is 3.97. The number of alkyl halides is 2. The number of aromatic amines is 1. The van der Waals surface area contributed by atoms with Crippen molar-refractivity contribution in [3.63, 3.8) is 0 Å². The van der Waals surface area contributed by atoms with Crippen molar-refractivity contribution >= 4 is 10.9 Å². The van der Waals surface area contributed by atoms with Gasteiger partial charge in [0.05, 0.1) is 33.0 Å². The first-order chi connectivity index (χ1) is 17.5. The lowest BCUT2D eigenvalue weighted by Crippen LogP contribution is -2.57. The summed E-state index contributed by atoms with van der Waals surface area (Å²) in [7, 11) is 1.63. The van der Waals surface area contributed by atoms with Crippen molar-refractivity contribution in [2.45, 2.75) is 37.5 Å². The van der Waals surface area contributed by atoms with E-state index in [-0.39, 0.29) is 38.5 Å². The van der Waals surface area contributed by atoms with Gasteiger partial charge < -0.3 is 24.5 Å². The van der Waals surface area contributed by atoms with Crippen LogP contribution in [0.25, 0.3) is 10.9 Å². The summed E-state index contributed by atoms with van der Waals surface area (Å²) >= 11 is 0. The molecular formula is C27H34F2N4O3. The number of fused-ring (bicyclic) bond motifs is 3. The number of hydrogen-bond acceptors (Lipinski definition) is 6. The smallest absolute Gasteiger partial charge is 0.217 e. The lowest BCUT2D eigenvalue weighted by Gasteiger charge is -2.46. The largest absolute Gasteiger partial charge is 0.496 e. The van der Waals surface area contributed by atoms with Crippen LogP contribution < -0.4 is 14.8 Å². The zero-order valence-corrected chi connectivity index (χ0v) is 20.9. The van der Waals surface area contributed by atoms with Gasteiger partial charge in [-0.05, 0) is 37.9 Å². The van der Waals surface area contributed by atoms with Gasteiger partial charge in [-0.1, -0.05) is 18.2 Å². The van der Waals surface area contributed by atoms with Gasteiger partial charge in [-0.25, -0.2) is 9.37 Å². The minimum absolute atomic E-state index is 0.103. The number of nitrogens with one attached hydrogen (secondary N) is 2. The lowest BCUT2D eigenvalue weighted by molar-refractivity contribution is -0.147. The van der Waals surface area contributed by atoms with Crippen LogP contribution in [0.3, 0.4) is 0 Å². The fraction of sp³-hybridized carbons (Fsp3) is 0.519. The van der Waals surface area contributed by atoms with E-state index in [1.165, 1.54) is 10.9 Å². The second-order valence-corrected chi connectivity index (χ2v) is 9.74. The SMILES string of the molecule is COc1cc(OCCNCCCF)ncc1C1c2[nH]c3ccccc3c2C[C@@H](C)N1CC1(F)COC1. The Kier molecular flexibility index (Phi) is 7.41.